The zero-order valence-electron chi connectivity index (χ0n) is 7.95. The highest BCUT2D eigenvalue weighted by Crippen LogP contribution is 2.29. The van der Waals surface area contributed by atoms with Crippen molar-refractivity contribution in [2.45, 2.75) is 6.42 Å². The Bertz CT molecular complexity index is 397. The Hall–Kier alpha value is -1.25. The minimum absolute atomic E-state index is 0.0857. The van der Waals surface area contributed by atoms with Crippen LogP contribution in [0, 0.1) is 12.3 Å². The molecule has 6 heteroatoms. The van der Waals surface area contributed by atoms with Gasteiger partial charge in [-0.15, -0.1) is 12.3 Å². The Morgan fingerprint density at radius 2 is 2.47 bits per heavy atom. The number of hydrogen-bond acceptors (Lipinski definition) is 5. The highest BCUT2D eigenvalue weighted by molar-refractivity contribution is 7.15. The van der Waals surface area contributed by atoms with Crippen molar-refractivity contribution < 1.29 is 14.3 Å². The van der Waals surface area contributed by atoms with E-state index in [0.717, 1.165) is 11.3 Å². The number of carbonyl (C=O) groups is 1. The fraction of sp³-hybridized carbons (Fsp3) is 0.333. The molecule has 0 saturated carbocycles. The van der Waals surface area contributed by atoms with Gasteiger partial charge in [-0.25, -0.2) is 4.79 Å². The van der Waals surface area contributed by atoms with Gasteiger partial charge in [0.25, 0.3) is 5.19 Å². The van der Waals surface area contributed by atoms with Crippen LogP contribution in [0.25, 0.3) is 0 Å². The summed E-state index contributed by atoms with van der Waals surface area (Å²) < 4.78 is 9.69. The smallest absolute Gasteiger partial charge is 0.351 e. The second kappa shape index (κ2) is 5.59. The molecule has 0 radical (unpaired) electrons. The average Bonchev–Trinajstić information content (AvgIpc) is 2.59. The van der Waals surface area contributed by atoms with Crippen molar-refractivity contribution in [2.75, 3.05) is 13.7 Å². The summed E-state index contributed by atoms with van der Waals surface area (Å²) >= 11 is 6.74. The van der Waals surface area contributed by atoms with E-state index in [9.17, 15) is 4.79 Å². The topological polar surface area (TPSA) is 48.4 Å². The number of nitrogens with zero attached hydrogens (tertiary/aromatic N) is 1. The maximum atomic E-state index is 11.2. The summed E-state index contributed by atoms with van der Waals surface area (Å²) in [5.41, 5.74) is 0. The normalized spacial score (nSPS) is 9.40. The van der Waals surface area contributed by atoms with Gasteiger partial charge in [-0.05, 0) is 0 Å². The summed E-state index contributed by atoms with van der Waals surface area (Å²) in [7, 11) is 1.28. The van der Waals surface area contributed by atoms with Gasteiger partial charge in [-0.2, -0.15) is 4.98 Å². The minimum atomic E-state index is -0.524. The Labute approximate surface area is 96.2 Å². The summed E-state index contributed by atoms with van der Waals surface area (Å²) in [5.74, 6) is 1.90. The first-order valence-corrected chi connectivity index (χ1v) is 5.19. The van der Waals surface area contributed by atoms with Crippen LogP contribution in [-0.2, 0) is 4.74 Å². The molecule has 1 aromatic heterocycles. The van der Waals surface area contributed by atoms with E-state index in [2.05, 4.69) is 15.6 Å². The number of aromatic nitrogens is 1. The fourth-order valence-electron chi connectivity index (χ4n) is 0.761. The molecule has 0 fully saturated rings. The summed E-state index contributed by atoms with van der Waals surface area (Å²) in [6.07, 6.45) is 5.53. The quantitative estimate of drug-likeness (QED) is 0.462. The van der Waals surface area contributed by atoms with Crippen molar-refractivity contribution in [1.82, 2.24) is 4.98 Å². The average molecular weight is 246 g/mol. The maximum Gasteiger partial charge on any atom is 0.351 e. The van der Waals surface area contributed by atoms with Crippen LogP contribution in [0.5, 0.6) is 5.19 Å². The molecular formula is C9H8ClNO3S. The molecule has 0 unspecified atom stereocenters. The molecule has 1 rings (SSSR count). The number of esters is 1. The zero-order chi connectivity index (χ0) is 11.3. The third-order valence-corrected chi connectivity index (χ3v) is 2.74. The standard InChI is InChI=1S/C9H8ClNO3S/c1-3-4-5-14-9-11-7(10)6(15-9)8(12)13-2/h1H,4-5H2,2H3. The minimum Gasteiger partial charge on any atom is -0.469 e. The van der Waals surface area contributed by atoms with Crippen LogP contribution in [0.4, 0.5) is 0 Å². The number of rotatable bonds is 4. The van der Waals surface area contributed by atoms with Crippen LogP contribution in [0.2, 0.25) is 5.15 Å². The molecule has 0 spiro atoms. The molecule has 0 atom stereocenters. The number of methoxy groups -OCH3 is 1. The summed E-state index contributed by atoms with van der Waals surface area (Å²) in [6.45, 7) is 0.348. The van der Waals surface area contributed by atoms with Gasteiger partial charge in [0.15, 0.2) is 10.0 Å². The molecule has 0 aliphatic rings. The molecule has 15 heavy (non-hydrogen) atoms. The number of terminal acetylenes is 1. The molecule has 0 aromatic carbocycles. The number of carbonyl (C=O) groups excluding carboxylic acids is 1. The van der Waals surface area contributed by atoms with Crippen molar-refractivity contribution in [3.05, 3.63) is 10.0 Å². The van der Waals surface area contributed by atoms with Crippen molar-refractivity contribution >= 4 is 28.9 Å². The first-order valence-electron chi connectivity index (χ1n) is 4.00. The zero-order valence-corrected chi connectivity index (χ0v) is 9.52. The van der Waals surface area contributed by atoms with E-state index in [1.54, 1.807) is 0 Å². The van der Waals surface area contributed by atoms with Crippen molar-refractivity contribution in [3.8, 4) is 17.5 Å². The van der Waals surface area contributed by atoms with Crippen LogP contribution < -0.4 is 4.74 Å². The lowest BCUT2D eigenvalue weighted by Gasteiger charge is -1.96. The molecule has 0 saturated heterocycles. The molecule has 1 aromatic rings. The van der Waals surface area contributed by atoms with Gasteiger partial charge < -0.3 is 9.47 Å². The Kier molecular flexibility index (Phi) is 4.40. The molecule has 0 amide bonds. The van der Waals surface area contributed by atoms with E-state index in [4.69, 9.17) is 22.8 Å². The number of hydrogen-bond donors (Lipinski definition) is 0. The van der Waals surface area contributed by atoms with Crippen LogP contribution in [0.1, 0.15) is 16.1 Å². The Balaban J connectivity index is 2.69. The van der Waals surface area contributed by atoms with Crippen molar-refractivity contribution in [3.63, 3.8) is 0 Å². The van der Waals surface area contributed by atoms with Crippen LogP contribution in [0.3, 0.4) is 0 Å². The third-order valence-electron chi connectivity index (χ3n) is 1.41. The molecule has 0 bridgehead atoms. The molecular weight excluding hydrogens is 238 g/mol. The number of ether oxygens (including phenoxy) is 2. The van der Waals surface area contributed by atoms with Crippen LogP contribution in [0.15, 0.2) is 0 Å². The monoisotopic (exact) mass is 245 g/mol. The first-order chi connectivity index (χ1) is 7.19. The highest BCUT2D eigenvalue weighted by Gasteiger charge is 2.17. The lowest BCUT2D eigenvalue weighted by molar-refractivity contribution is 0.0606. The first kappa shape index (κ1) is 11.8. The van der Waals surface area contributed by atoms with E-state index >= 15 is 0 Å². The van der Waals surface area contributed by atoms with Crippen LogP contribution >= 0.6 is 22.9 Å². The van der Waals surface area contributed by atoms with Crippen LogP contribution in [-0.4, -0.2) is 24.7 Å². The van der Waals surface area contributed by atoms with Crippen molar-refractivity contribution in [2.24, 2.45) is 0 Å². The molecule has 0 aliphatic heterocycles. The van der Waals surface area contributed by atoms with Gasteiger partial charge in [0.05, 0.1) is 7.11 Å². The van der Waals surface area contributed by atoms with E-state index in [1.165, 1.54) is 7.11 Å². The van der Waals surface area contributed by atoms with Gasteiger partial charge in [0.1, 0.15) is 6.61 Å². The van der Waals surface area contributed by atoms with Gasteiger partial charge in [-0.1, -0.05) is 22.9 Å². The Morgan fingerprint density at radius 1 is 1.73 bits per heavy atom. The molecule has 0 N–H and O–H groups in total. The number of thiazole rings is 1. The van der Waals surface area contributed by atoms with E-state index in [-0.39, 0.29) is 10.0 Å². The second-order valence-electron chi connectivity index (χ2n) is 2.39. The summed E-state index contributed by atoms with van der Waals surface area (Å²) in [5, 5.41) is 0.401. The summed E-state index contributed by atoms with van der Waals surface area (Å²) in [4.78, 5) is 15.2. The van der Waals surface area contributed by atoms with Gasteiger partial charge in [-0.3, -0.25) is 0 Å². The fourth-order valence-corrected chi connectivity index (χ4v) is 1.83. The molecule has 4 nitrogen and oxygen atoms in total. The number of halogens is 1. The Morgan fingerprint density at radius 3 is 3.07 bits per heavy atom. The maximum absolute atomic E-state index is 11.2. The molecule has 1 heterocycles. The van der Waals surface area contributed by atoms with Gasteiger partial charge in [0.2, 0.25) is 0 Å². The lowest BCUT2D eigenvalue weighted by Crippen LogP contribution is -1.98. The van der Waals surface area contributed by atoms with Gasteiger partial charge in [0, 0.05) is 6.42 Å². The third kappa shape index (κ3) is 3.11. The largest absolute Gasteiger partial charge is 0.469 e. The highest BCUT2D eigenvalue weighted by atomic mass is 35.5. The second-order valence-corrected chi connectivity index (χ2v) is 3.71. The lowest BCUT2D eigenvalue weighted by atomic mass is 10.5. The van der Waals surface area contributed by atoms with E-state index in [1.807, 2.05) is 0 Å². The predicted octanol–water partition coefficient (Wildman–Crippen LogP) is 1.99. The van der Waals surface area contributed by atoms with E-state index < -0.39 is 5.97 Å². The van der Waals surface area contributed by atoms with E-state index in [0.29, 0.717) is 18.2 Å². The predicted molar refractivity (Wildman–Crippen MR) is 57.4 cm³/mol. The summed E-state index contributed by atoms with van der Waals surface area (Å²) in [6, 6.07) is 0. The molecule has 80 valence electrons. The van der Waals surface area contributed by atoms with Crippen molar-refractivity contribution in [1.29, 1.82) is 0 Å². The SMILES string of the molecule is C#CCCOc1nc(Cl)c(C(=O)OC)s1. The van der Waals surface area contributed by atoms with Gasteiger partial charge >= 0.3 is 5.97 Å². The molecule has 0 aliphatic carbocycles.